The van der Waals surface area contributed by atoms with Crippen molar-refractivity contribution >= 4 is 33.5 Å². The van der Waals surface area contributed by atoms with Crippen molar-refractivity contribution in [3.8, 4) is 39.8 Å². The Kier molecular flexibility index (Phi) is 13.4. The number of aliphatic hydroxyl groups is 2. The number of benzene rings is 3. The molecular formula is C42H44BrClN4O7. The van der Waals surface area contributed by atoms with Crippen molar-refractivity contribution in [1.29, 1.82) is 0 Å². The van der Waals surface area contributed by atoms with Gasteiger partial charge in [0.1, 0.15) is 30.6 Å². The highest BCUT2D eigenvalue weighted by Gasteiger charge is 2.33. The van der Waals surface area contributed by atoms with E-state index in [0.717, 1.165) is 63.1 Å². The smallest absolute Gasteiger partial charge is 0.326 e. The van der Waals surface area contributed by atoms with Gasteiger partial charge in [0.15, 0.2) is 0 Å². The van der Waals surface area contributed by atoms with Gasteiger partial charge in [0.2, 0.25) is 11.8 Å². The van der Waals surface area contributed by atoms with E-state index in [-0.39, 0.29) is 31.7 Å². The van der Waals surface area contributed by atoms with Crippen LogP contribution in [0.25, 0.3) is 22.3 Å². The van der Waals surface area contributed by atoms with Gasteiger partial charge in [0.05, 0.1) is 22.7 Å². The van der Waals surface area contributed by atoms with E-state index in [1.165, 1.54) is 6.92 Å². The van der Waals surface area contributed by atoms with Crippen molar-refractivity contribution < 1.29 is 34.3 Å². The molecule has 0 aliphatic heterocycles. The largest absolute Gasteiger partial charge is 0.492 e. The number of halogens is 2. The normalized spacial score (nSPS) is 14.6. The van der Waals surface area contributed by atoms with E-state index in [4.69, 9.17) is 35.9 Å². The fraction of sp³-hybridized carbons (Fsp3) is 0.310. The molecule has 0 spiro atoms. The number of aryl methyl sites for hydroxylation is 1. The van der Waals surface area contributed by atoms with Crippen LogP contribution < -0.4 is 24.8 Å². The number of carboxylic acid groups (broad SMARTS) is 1. The molecule has 0 radical (unpaired) electrons. The molecule has 0 bridgehead atoms. The van der Waals surface area contributed by atoms with Gasteiger partial charge in [0, 0.05) is 54.3 Å². The van der Waals surface area contributed by atoms with Crippen LogP contribution in [0.15, 0.2) is 89.7 Å². The van der Waals surface area contributed by atoms with E-state index >= 15 is 0 Å². The number of ether oxygens (including phenoxy) is 3. The Morgan fingerprint density at radius 3 is 2.49 bits per heavy atom. The summed E-state index contributed by atoms with van der Waals surface area (Å²) in [5.74, 6) is 0.179. The number of aromatic nitrogens is 2. The minimum atomic E-state index is -1.56. The van der Waals surface area contributed by atoms with Gasteiger partial charge in [0.25, 0.3) is 0 Å². The lowest BCUT2D eigenvalue weighted by Crippen LogP contribution is -2.52. The number of carboxylic acids is 1. The SMILES string of the molecule is Cc1cncc(COc2nc(O[C@H]3CCc4c(-c5cccc(-c6ccc(OCCNCCO)cc6)c5Cl)cccc43)c(Br)cc2CNC(C)(CO)C(=O)O)c1. The zero-order valence-electron chi connectivity index (χ0n) is 30.6. The van der Waals surface area contributed by atoms with Gasteiger partial charge in [-0.05, 0) is 94.7 Å². The standard InChI is InChI=1S/C42H44BrClN4O7/c1-26-19-27(22-46-21-26)24-54-39-29(23-47-42(2,25-50)41(51)52)20-36(43)40(48-39)55-37-14-13-33-32(6-4-7-34(33)37)35-8-3-5-31(38(35)44)28-9-11-30(12-10-28)53-18-16-45-15-17-49/h3-12,19-22,37,45,47,49-50H,13-18,23-25H2,1-2H3,(H,51,52)/t37-,42?/m0/s1. The molecule has 0 fully saturated rings. The summed E-state index contributed by atoms with van der Waals surface area (Å²) in [6.07, 6.45) is 4.68. The van der Waals surface area contributed by atoms with Gasteiger partial charge in [-0.15, -0.1) is 0 Å². The molecule has 6 rings (SSSR count). The Bertz CT molecular complexity index is 2120. The zero-order valence-corrected chi connectivity index (χ0v) is 33.0. The van der Waals surface area contributed by atoms with Crippen LogP contribution in [0.5, 0.6) is 17.5 Å². The van der Waals surface area contributed by atoms with Crippen molar-refractivity contribution in [2.24, 2.45) is 0 Å². The molecule has 2 heterocycles. The maximum Gasteiger partial charge on any atom is 0.326 e. The van der Waals surface area contributed by atoms with Gasteiger partial charge >= 0.3 is 5.97 Å². The van der Waals surface area contributed by atoms with Crippen LogP contribution in [0.1, 0.15) is 47.3 Å². The second-order valence-corrected chi connectivity index (χ2v) is 14.8. The number of fused-ring (bicyclic) bond motifs is 1. The Balaban J connectivity index is 1.23. The van der Waals surface area contributed by atoms with Crippen LogP contribution in [0.4, 0.5) is 0 Å². The predicted octanol–water partition coefficient (Wildman–Crippen LogP) is 7.07. The van der Waals surface area contributed by atoms with Gasteiger partial charge in [-0.3, -0.25) is 15.1 Å². The van der Waals surface area contributed by atoms with E-state index in [0.29, 0.717) is 40.6 Å². The average Bonchev–Trinajstić information content (AvgIpc) is 3.60. The maximum absolute atomic E-state index is 11.9. The fourth-order valence-corrected chi connectivity index (χ4v) is 7.23. The second-order valence-electron chi connectivity index (χ2n) is 13.6. The van der Waals surface area contributed by atoms with Crippen LogP contribution in [-0.4, -0.2) is 69.7 Å². The summed E-state index contributed by atoms with van der Waals surface area (Å²) < 4.78 is 19.2. The van der Waals surface area contributed by atoms with Gasteiger partial charge in [-0.2, -0.15) is 4.98 Å². The third kappa shape index (κ3) is 9.64. The minimum absolute atomic E-state index is 0.0633. The molecule has 55 heavy (non-hydrogen) atoms. The maximum atomic E-state index is 11.9. The van der Waals surface area contributed by atoms with E-state index in [2.05, 4.69) is 43.7 Å². The highest BCUT2D eigenvalue weighted by atomic mass is 79.9. The first-order chi connectivity index (χ1) is 26.6. The first-order valence-corrected chi connectivity index (χ1v) is 19.2. The summed E-state index contributed by atoms with van der Waals surface area (Å²) >= 11 is 10.8. The van der Waals surface area contributed by atoms with Crippen LogP contribution in [0, 0.1) is 6.92 Å². The van der Waals surface area contributed by atoms with E-state index < -0.39 is 18.1 Å². The van der Waals surface area contributed by atoms with Gasteiger partial charge in [-0.25, -0.2) is 0 Å². The number of aliphatic carboxylic acids is 1. The quantitative estimate of drug-likeness (QED) is 0.0577. The lowest BCUT2D eigenvalue weighted by Gasteiger charge is -2.24. The van der Waals surface area contributed by atoms with Crippen molar-refractivity contribution in [3.63, 3.8) is 0 Å². The van der Waals surface area contributed by atoms with Crippen LogP contribution >= 0.6 is 27.5 Å². The van der Waals surface area contributed by atoms with Crippen molar-refractivity contribution in [3.05, 3.63) is 123 Å². The fourth-order valence-electron chi connectivity index (χ4n) is 6.43. The van der Waals surface area contributed by atoms with Crippen molar-refractivity contribution in [1.82, 2.24) is 20.6 Å². The Morgan fingerprint density at radius 1 is 0.982 bits per heavy atom. The Labute approximate surface area is 333 Å². The molecule has 1 unspecified atom stereocenters. The molecule has 2 atom stereocenters. The summed E-state index contributed by atoms with van der Waals surface area (Å²) in [4.78, 5) is 20.9. The van der Waals surface area contributed by atoms with Crippen LogP contribution in [0.2, 0.25) is 5.02 Å². The van der Waals surface area contributed by atoms with Crippen LogP contribution in [0.3, 0.4) is 0 Å². The number of rotatable bonds is 18. The zero-order chi connectivity index (χ0) is 39.0. The monoisotopic (exact) mass is 830 g/mol. The first-order valence-electron chi connectivity index (χ1n) is 18.0. The highest BCUT2D eigenvalue weighted by molar-refractivity contribution is 9.10. The number of carbonyl (C=O) groups is 1. The van der Waals surface area contributed by atoms with E-state index in [1.807, 2.05) is 61.5 Å². The lowest BCUT2D eigenvalue weighted by molar-refractivity contribution is -0.145. The Hall–Kier alpha value is -4.56. The third-order valence-corrected chi connectivity index (χ3v) is 10.5. The number of pyridine rings is 2. The molecule has 3 aromatic carbocycles. The molecule has 0 saturated heterocycles. The van der Waals surface area contributed by atoms with Gasteiger partial charge in [-0.1, -0.05) is 60.1 Å². The molecule has 1 aliphatic rings. The molecule has 1 aliphatic carbocycles. The molecule has 13 heteroatoms. The molecule has 11 nitrogen and oxygen atoms in total. The second kappa shape index (κ2) is 18.4. The summed E-state index contributed by atoms with van der Waals surface area (Å²) in [5.41, 5.74) is 6.92. The van der Waals surface area contributed by atoms with E-state index in [1.54, 1.807) is 18.5 Å². The Morgan fingerprint density at radius 2 is 1.75 bits per heavy atom. The van der Waals surface area contributed by atoms with Crippen molar-refractivity contribution in [2.75, 3.05) is 32.9 Å². The molecular weight excluding hydrogens is 788 g/mol. The molecule has 0 amide bonds. The van der Waals surface area contributed by atoms with E-state index in [9.17, 15) is 15.0 Å². The number of aliphatic hydroxyl groups excluding tert-OH is 2. The number of nitrogens with zero attached hydrogens (tertiary/aromatic N) is 2. The number of hydrogen-bond donors (Lipinski definition) is 5. The molecule has 0 saturated carbocycles. The molecule has 2 aromatic heterocycles. The number of hydrogen-bond acceptors (Lipinski definition) is 10. The lowest BCUT2D eigenvalue weighted by atomic mass is 9.94. The summed E-state index contributed by atoms with van der Waals surface area (Å²) in [6.45, 7) is 4.78. The highest BCUT2D eigenvalue weighted by Crippen LogP contribution is 2.45. The predicted molar refractivity (Wildman–Crippen MR) is 215 cm³/mol. The summed E-state index contributed by atoms with van der Waals surface area (Å²) in [6, 6.07) is 23.9. The molecule has 5 N–H and O–H groups in total. The van der Waals surface area contributed by atoms with Crippen molar-refractivity contribution in [2.45, 2.75) is 51.5 Å². The first kappa shape index (κ1) is 40.1. The molecule has 5 aromatic rings. The number of nitrogens with one attached hydrogen (secondary N) is 2. The summed E-state index contributed by atoms with van der Waals surface area (Å²) in [7, 11) is 0. The molecule has 288 valence electrons. The summed E-state index contributed by atoms with van der Waals surface area (Å²) in [5, 5.41) is 35.1. The van der Waals surface area contributed by atoms with Crippen LogP contribution in [-0.2, 0) is 24.4 Å². The topological polar surface area (TPSA) is 155 Å². The van der Waals surface area contributed by atoms with Gasteiger partial charge < -0.3 is 34.8 Å². The minimum Gasteiger partial charge on any atom is -0.492 e. The third-order valence-electron chi connectivity index (χ3n) is 9.51. The average molecular weight is 832 g/mol.